The van der Waals surface area contributed by atoms with Crippen LogP contribution >= 0.6 is 0 Å². The number of carbonyl (C=O) groups excluding carboxylic acids is 2. The molecule has 8 heteroatoms. The summed E-state index contributed by atoms with van der Waals surface area (Å²) in [5.41, 5.74) is 1.50. The molecule has 0 unspecified atom stereocenters. The van der Waals surface area contributed by atoms with Crippen LogP contribution in [0.25, 0.3) is 11.0 Å². The van der Waals surface area contributed by atoms with Gasteiger partial charge in [-0.25, -0.2) is 4.79 Å². The van der Waals surface area contributed by atoms with Crippen molar-refractivity contribution in [3.63, 3.8) is 0 Å². The smallest absolute Gasteiger partial charge is 0.329 e. The Kier molecular flexibility index (Phi) is 5.21. The van der Waals surface area contributed by atoms with Gasteiger partial charge in [-0.05, 0) is 31.9 Å². The summed E-state index contributed by atoms with van der Waals surface area (Å²) >= 11 is 0. The summed E-state index contributed by atoms with van der Waals surface area (Å²) in [6, 6.07) is 7.95. The van der Waals surface area contributed by atoms with Gasteiger partial charge in [-0.1, -0.05) is 12.1 Å². The van der Waals surface area contributed by atoms with Crippen LogP contribution in [0.5, 0.6) is 0 Å². The molecule has 4 rings (SSSR count). The van der Waals surface area contributed by atoms with E-state index in [2.05, 4.69) is 10.2 Å². The molecular weight excluding hydrogens is 358 g/mol. The number of amides is 2. The van der Waals surface area contributed by atoms with E-state index in [0.29, 0.717) is 45.3 Å². The highest BCUT2D eigenvalue weighted by Gasteiger charge is 2.27. The number of piperazine rings is 1. The minimum atomic E-state index is -0.146. The maximum atomic E-state index is 12.8. The standard InChI is InChI=1S/C20H27N5O3/c1-2-24-16-5-3-4-6-17(16)25(20(24)28)14-19(27)23-11-9-22(10-12-23)13-18(26)21-15-7-8-15/h3-6,15H,2,7-14H2,1H3,(H,21,26). The molecule has 1 saturated carbocycles. The number of imidazole rings is 1. The quantitative estimate of drug-likeness (QED) is 0.773. The highest BCUT2D eigenvalue weighted by Crippen LogP contribution is 2.18. The van der Waals surface area contributed by atoms with E-state index in [0.717, 1.165) is 23.9 Å². The van der Waals surface area contributed by atoms with Crippen molar-refractivity contribution in [1.82, 2.24) is 24.3 Å². The largest absolute Gasteiger partial charge is 0.352 e. The maximum Gasteiger partial charge on any atom is 0.329 e. The van der Waals surface area contributed by atoms with Gasteiger partial charge in [0.15, 0.2) is 0 Å². The zero-order chi connectivity index (χ0) is 19.7. The summed E-state index contributed by atoms with van der Waals surface area (Å²) in [6.07, 6.45) is 2.17. The van der Waals surface area contributed by atoms with Crippen molar-refractivity contribution in [1.29, 1.82) is 0 Å². The average Bonchev–Trinajstić information content (AvgIpc) is 3.46. The lowest BCUT2D eigenvalue weighted by Crippen LogP contribution is -2.52. The van der Waals surface area contributed by atoms with Crippen molar-refractivity contribution in [3.05, 3.63) is 34.7 Å². The number of nitrogens with zero attached hydrogens (tertiary/aromatic N) is 4. The number of fused-ring (bicyclic) bond motifs is 1. The second-order valence-corrected chi connectivity index (χ2v) is 7.60. The molecule has 1 aliphatic heterocycles. The zero-order valence-corrected chi connectivity index (χ0v) is 16.3. The van der Waals surface area contributed by atoms with Crippen LogP contribution in [0.1, 0.15) is 19.8 Å². The Balaban J connectivity index is 1.37. The topological polar surface area (TPSA) is 79.6 Å². The van der Waals surface area contributed by atoms with Gasteiger partial charge in [-0.3, -0.25) is 23.6 Å². The number of hydrogen-bond donors (Lipinski definition) is 1. The predicted molar refractivity (Wildman–Crippen MR) is 106 cm³/mol. The van der Waals surface area contributed by atoms with Crippen molar-refractivity contribution in [3.8, 4) is 0 Å². The Bertz CT molecular complexity index is 935. The van der Waals surface area contributed by atoms with Crippen molar-refractivity contribution >= 4 is 22.8 Å². The zero-order valence-electron chi connectivity index (χ0n) is 16.3. The lowest BCUT2D eigenvalue weighted by molar-refractivity contribution is -0.133. The third-order valence-corrected chi connectivity index (χ3v) is 5.57. The van der Waals surface area contributed by atoms with E-state index in [1.54, 1.807) is 14.0 Å². The summed E-state index contributed by atoms with van der Waals surface area (Å²) in [5.74, 6) is 0.0180. The van der Waals surface area contributed by atoms with E-state index < -0.39 is 0 Å². The average molecular weight is 385 g/mol. The van der Waals surface area contributed by atoms with Crippen LogP contribution in [-0.2, 0) is 22.7 Å². The molecule has 28 heavy (non-hydrogen) atoms. The number of aromatic nitrogens is 2. The number of rotatable bonds is 6. The van der Waals surface area contributed by atoms with Crippen molar-refractivity contribution in [2.45, 2.75) is 38.9 Å². The van der Waals surface area contributed by atoms with Crippen molar-refractivity contribution in [2.24, 2.45) is 0 Å². The Morgan fingerprint density at radius 3 is 2.25 bits per heavy atom. The highest BCUT2D eigenvalue weighted by atomic mass is 16.2. The van der Waals surface area contributed by atoms with Gasteiger partial charge in [0.2, 0.25) is 11.8 Å². The van der Waals surface area contributed by atoms with E-state index in [-0.39, 0.29) is 24.0 Å². The molecule has 0 spiro atoms. The molecular formula is C20H27N5O3. The monoisotopic (exact) mass is 385 g/mol. The number of aryl methyl sites for hydroxylation is 1. The molecule has 1 aromatic heterocycles. The van der Waals surface area contributed by atoms with Crippen molar-refractivity contribution < 1.29 is 9.59 Å². The van der Waals surface area contributed by atoms with Gasteiger partial charge >= 0.3 is 5.69 Å². The van der Waals surface area contributed by atoms with Crippen LogP contribution < -0.4 is 11.0 Å². The Labute approximate surface area is 163 Å². The van der Waals surface area contributed by atoms with Gasteiger partial charge in [0.1, 0.15) is 6.54 Å². The van der Waals surface area contributed by atoms with E-state index >= 15 is 0 Å². The normalized spacial score (nSPS) is 17.8. The number of hydrogen-bond acceptors (Lipinski definition) is 4. The summed E-state index contributed by atoms with van der Waals surface area (Å²) in [7, 11) is 0. The molecule has 2 fully saturated rings. The number of para-hydroxylation sites is 2. The van der Waals surface area contributed by atoms with Gasteiger partial charge in [0.05, 0.1) is 17.6 Å². The molecule has 1 aromatic carbocycles. The first kappa shape index (κ1) is 18.7. The first-order valence-corrected chi connectivity index (χ1v) is 10.0. The van der Waals surface area contributed by atoms with Gasteiger partial charge in [0.25, 0.3) is 0 Å². The maximum absolute atomic E-state index is 12.8. The molecule has 0 bridgehead atoms. The van der Waals surface area contributed by atoms with Crippen LogP contribution in [0.2, 0.25) is 0 Å². The molecule has 2 amide bonds. The van der Waals surface area contributed by atoms with E-state index in [4.69, 9.17) is 0 Å². The van der Waals surface area contributed by atoms with Gasteiger partial charge < -0.3 is 10.2 Å². The Morgan fingerprint density at radius 2 is 1.64 bits per heavy atom. The highest BCUT2D eigenvalue weighted by molar-refractivity contribution is 5.81. The summed E-state index contributed by atoms with van der Waals surface area (Å²) < 4.78 is 3.26. The molecule has 2 aromatic rings. The fourth-order valence-electron chi connectivity index (χ4n) is 3.83. The van der Waals surface area contributed by atoms with Crippen LogP contribution in [-0.4, -0.2) is 69.5 Å². The van der Waals surface area contributed by atoms with Gasteiger partial charge in [-0.2, -0.15) is 0 Å². The molecule has 8 nitrogen and oxygen atoms in total. The van der Waals surface area contributed by atoms with E-state index in [9.17, 15) is 14.4 Å². The lowest BCUT2D eigenvalue weighted by atomic mass is 10.3. The molecule has 2 aliphatic rings. The van der Waals surface area contributed by atoms with E-state index in [1.807, 2.05) is 31.2 Å². The van der Waals surface area contributed by atoms with Crippen LogP contribution in [0.4, 0.5) is 0 Å². The molecule has 1 N–H and O–H groups in total. The third kappa shape index (κ3) is 3.82. The number of carbonyl (C=O) groups is 2. The van der Waals surface area contributed by atoms with Gasteiger partial charge in [-0.15, -0.1) is 0 Å². The second-order valence-electron chi connectivity index (χ2n) is 7.60. The molecule has 1 saturated heterocycles. The predicted octanol–water partition coefficient (Wildman–Crippen LogP) is 0.246. The second kappa shape index (κ2) is 7.79. The number of benzene rings is 1. The molecule has 0 radical (unpaired) electrons. The molecule has 2 heterocycles. The lowest BCUT2D eigenvalue weighted by Gasteiger charge is -2.34. The first-order chi connectivity index (χ1) is 13.6. The number of nitrogens with one attached hydrogen (secondary N) is 1. The Morgan fingerprint density at radius 1 is 1.00 bits per heavy atom. The fraction of sp³-hybridized carbons (Fsp3) is 0.550. The third-order valence-electron chi connectivity index (χ3n) is 5.57. The molecule has 0 atom stereocenters. The minimum absolute atomic E-state index is 0.0501. The van der Waals surface area contributed by atoms with Gasteiger partial charge in [0, 0.05) is 38.8 Å². The van der Waals surface area contributed by atoms with Crippen LogP contribution in [0.3, 0.4) is 0 Å². The molecule has 1 aliphatic carbocycles. The van der Waals surface area contributed by atoms with Crippen LogP contribution in [0.15, 0.2) is 29.1 Å². The summed E-state index contributed by atoms with van der Waals surface area (Å²) in [5, 5.41) is 3.00. The summed E-state index contributed by atoms with van der Waals surface area (Å²) in [6.45, 7) is 5.45. The minimum Gasteiger partial charge on any atom is -0.352 e. The van der Waals surface area contributed by atoms with Crippen molar-refractivity contribution in [2.75, 3.05) is 32.7 Å². The summed E-state index contributed by atoms with van der Waals surface area (Å²) in [4.78, 5) is 41.3. The first-order valence-electron chi connectivity index (χ1n) is 10.0. The fourth-order valence-corrected chi connectivity index (χ4v) is 3.83. The molecule has 150 valence electrons. The Hall–Kier alpha value is -2.61. The SMILES string of the molecule is CCn1c(=O)n(CC(=O)N2CCN(CC(=O)NC3CC3)CC2)c2ccccc21. The van der Waals surface area contributed by atoms with Crippen LogP contribution in [0, 0.1) is 0 Å². The van der Waals surface area contributed by atoms with E-state index in [1.165, 1.54) is 0 Å².